The monoisotopic (exact) mass is 472 g/mol. The van der Waals surface area contributed by atoms with Crippen LogP contribution in [0.25, 0.3) is 0 Å². The van der Waals surface area contributed by atoms with Gasteiger partial charge in [0.2, 0.25) is 21.7 Å². The van der Waals surface area contributed by atoms with E-state index in [1.807, 2.05) is 32.9 Å². The van der Waals surface area contributed by atoms with Crippen LogP contribution >= 0.6 is 0 Å². The molecule has 1 aliphatic rings. The van der Waals surface area contributed by atoms with Crippen LogP contribution < -0.4 is 0 Å². The quantitative estimate of drug-likeness (QED) is 0.473. The Morgan fingerprint density at radius 1 is 0.909 bits per heavy atom. The van der Waals surface area contributed by atoms with Crippen LogP contribution in [-0.2, 0) is 19.6 Å². The minimum Gasteiger partial charge on any atom is -0.454 e. The zero-order valence-electron chi connectivity index (χ0n) is 19.3. The van der Waals surface area contributed by atoms with Crippen molar-refractivity contribution in [2.45, 2.75) is 32.6 Å². The van der Waals surface area contributed by atoms with Crippen molar-refractivity contribution in [1.82, 2.24) is 9.21 Å². The Balaban J connectivity index is 1.63. The lowest BCUT2D eigenvalue weighted by Gasteiger charge is -2.33. The molecule has 2 aromatic rings. The molecule has 1 heterocycles. The molecule has 0 spiro atoms. The normalized spacial score (nSPS) is 14.7. The number of aryl methyl sites for hydroxylation is 3. The molecule has 1 aliphatic heterocycles. The Kier molecular flexibility index (Phi) is 7.34. The largest absolute Gasteiger partial charge is 0.454 e. The van der Waals surface area contributed by atoms with Gasteiger partial charge in [0.25, 0.3) is 0 Å². The Bertz CT molecular complexity index is 1160. The number of benzene rings is 2. The first-order chi connectivity index (χ1) is 15.5. The lowest BCUT2D eigenvalue weighted by Crippen LogP contribution is -2.49. The van der Waals surface area contributed by atoms with Gasteiger partial charge in [0, 0.05) is 38.7 Å². The van der Waals surface area contributed by atoms with Gasteiger partial charge in [-0.15, -0.1) is 0 Å². The van der Waals surface area contributed by atoms with Crippen LogP contribution in [-0.4, -0.2) is 68.1 Å². The van der Waals surface area contributed by atoms with Crippen LogP contribution in [0.15, 0.2) is 41.3 Å². The predicted octanol–water partition coefficient (Wildman–Crippen LogP) is 2.50. The Morgan fingerprint density at radius 3 is 1.97 bits per heavy atom. The van der Waals surface area contributed by atoms with E-state index in [1.54, 1.807) is 4.90 Å². The van der Waals surface area contributed by atoms with Crippen LogP contribution in [0.1, 0.15) is 44.3 Å². The van der Waals surface area contributed by atoms with Crippen LogP contribution in [0.5, 0.6) is 0 Å². The van der Waals surface area contributed by atoms with Crippen LogP contribution in [0, 0.1) is 20.8 Å². The summed E-state index contributed by atoms with van der Waals surface area (Å²) in [5.74, 6) is -1.08. The van der Waals surface area contributed by atoms with Gasteiger partial charge < -0.3 is 9.64 Å². The molecule has 0 aliphatic carbocycles. The predicted molar refractivity (Wildman–Crippen MR) is 123 cm³/mol. The van der Waals surface area contributed by atoms with Crippen molar-refractivity contribution in [2.24, 2.45) is 0 Å². The Morgan fingerprint density at radius 2 is 1.45 bits per heavy atom. The number of ketones is 1. The van der Waals surface area contributed by atoms with Gasteiger partial charge in [0.15, 0.2) is 6.61 Å². The third-order valence-corrected chi connectivity index (χ3v) is 7.61. The molecule has 1 amide bonds. The van der Waals surface area contributed by atoms with E-state index in [9.17, 15) is 22.8 Å². The van der Waals surface area contributed by atoms with Gasteiger partial charge in [-0.2, -0.15) is 4.31 Å². The average molecular weight is 473 g/mol. The number of piperazine rings is 1. The highest BCUT2D eigenvalue weighted by molar-refractivity contribution is 7.89. The summed E-state index contributed by atoms with van der Waals surface area (Å²) in [7, 11) is -3.74. The number of carbonyl (C=O) groups is 3. The molecule has 2 aromatic carbocycles. The fourth-order valence-electron chi connectivity index (χ4n) is 4.06. The van der Waals surface area contributed by atoms with Crippen molar-refractivity contribution in [2.75, 3.05) is 32.8 Å². The molecule has 0 unspecified atom stereocenters. The number of nitrogens with zero attached hydrogens (tertiary/aromatic N) is 2. The number of rotatable bonds is 6. The van der Waals surface area contributed by atoms with Gasteiger partial charge >= 0.3 is 5.97 Å². The zero-order valence-corrected chi connectivity index (χ0v) is 20.1. The molecule has 0 atom stereocenters. The van der Waals surface area contributed by atoms with Crippen molar-refractivity contribution < 1.29 is 27.5 Å². The number of ether oxygens (including phenoxy) is 1. The Labute approximate surface area is 194 Å². The van der Waals surface area contributed by atoms with Crippen molar-refractivity contribution >= 4 is 27.7 Å². The van der Waals surface area contributed by atoms with Gasteiger partial charge in [-0.3, -0.25) is 9.59 Å². The summed E-state index contributed by atoms with van der Waals surface area (Å²) in [6, 6.07) is 9.24. The first kappa shape index (κ1) is 24.6. The van der Waals surface area contributed by atoms with E-state index in [2.05, 4.69) is 0 Å². The minimum absolute atomic E-state index is 0.0531. The minimum atomic E-state index is -3.74. The van der Waals surface area contributed by atoms with Gasteiger partial charge in [-0.25, -0.2) is 13.2 Å². The SMILES string of the molecule is CC(=O)N1CCN(S(=O)(=O)c2ccc(C(=O)OCC(=O)c3c(C)cc(C)cc3C)cc2)CC1. The van der Waals surface area contributed by atoms with E-state index in [-0.39, 0.29) is 35.2 Å². The molecule has 0 aromatic heterocycles. The van der Waals surface area contributed by atoms with Crippen molar-refractivity contribution in [3.8, 4) is 0 Å². The van der Waals surface area contributed by atoms with Crippen LogP contribution in [0.3, 0.4) is 0 Å². The molecule has 176 valence electrons. The summed E-state index contributed by atoms with van der Waals surface area (Å²) < 4.78 is 32.2. The molecule has 3 rings (SSSR count). The summed E-state index contributed by atoms with van der Waals surface area (Å²) in [6.07, 6.45) is 0. The highest BCUT2D eigenvalue weighted by atomic mass is 32.2. The number of carbonyl (C=O) groups excluding carboxylic acids is 3. The second kappa shape index (κ2) is 9.84. The second-order valence-corrected chi connectivity index (χ2v) is 10.1. The van der Waals surface area contributed by atoms with E-state index in [4.69, 9.17) is 4.74 Å². The molecule has 8 nitrogen and oxygen atoms in total. The van der Waals surface area contributed by atoms with Gasteiger partial charge in [-0.05, 0) is 56.2 Å². The van der Waals surface area contributed by atoms with Gasteiger partial charge in [0.05, 0.1) is 10.5 Å². The van der Waals surface area contributed by atoms with Crippen molar-refractivity contribution in [3.05, 3.63) is 64.2 Å². The summed E-state index contributed by atoms with van der Waals surface area (Å²) in [6.45, 7) is 7.80. The number of hydrogen-bond donors (Lipinski definition) is 0. The van der Waals surface area contributed by atoms with E-state index >= 15 is 0 Å². The number of amides is 1. The number of Topliss-reactive ketones (excluding diaryl/α,β-unsaturated/α-hetero) is 1. The molecule has 9 heteroatoms. The number of hydrogen-bond acceptors (Lipinski definition) is 6. The van der Waals surface area contributed by atoms with Crippen LogP contribution in [0.4, 0.5) is 0 Å². The summed E-state index contributed by atoms with van der Waals surface area (Å²) in [5, 5.41) is 0. The van der Waals surface area contributed by atoms with E-state index in [0.717, 1.165) is 16.7 Å². The summed E-state index contributed by atoms with van der Waals surface area (Å²) in [5.41, 5.74) is 3.40. The maximum absolute atomic E-state index is 12.9. The molecule has 33 heavy (non-hydrogen) atoms. The van der Waals surface area contributed by atoms with E-state index in [0.29, 0.717) is 18.7 Å². The maximum atomic E-state index is 12.9. The smallest absolute Gasteiger partial charge is 0.338 e. The average Bonchev–Trinajstić information content (AvgIpc) is 2.77. The third kappa shape index (κ3) is 5.48. The van der Waals surface area contributed by atoms with E-state index in [1.165, 1.54) is 35.5 Å². The van der Waals surface area contributed by atoms with Crippen molar-refractivity contribution in [3.63, 3.8) is 0 Å². The number of esters is 1. The molecular formula is C24H28N2O6S. The third-order valence-electron chi connectivity index (χ3n) is 5.70. The standard InChI is InChI=1S/C24H28N2O6S/c1-16-13-17(2)23(18(3)14-16)22(28)15-32-24(29)20-5-7-21(8-6-20)33(30,31)26-11-9-25(10-12-26)19(4)27/h5-8,13-14H,9-12,15H2,1-4H3. The van der Waals surface area contributed by atoms with Crippen LogP contribution in [0.2, 0.25) is 0 Å². The molecule has 0 radical (unpaired) electrons. The Hall–Kier alpha value is -3.04. The lowest BCUT2D eigenvalue weighted by atomic mass is 9.97. The summed E-state index contributed by atoms with van der Waals surface area (Å²) in [4.78, 5) is 38.1. The molecule has 0 bridgehead atoms. The van der Waals surface area contributed by atoms with Gasteiger partial charge in [0.1, 0.15) is 0 Å². The first-order valence-corrected chi connectivity index (χ1v) is 12.1. The fraction of sp³-hybridized carbons (Fsp3) is 0.375. The highest BCUT2D eigenvalue weighted by Gasteiger charge is 2.29. The first-order valence-electron chi connectivity index (χ1n) is 10.6. The lowest BCUT2D eigenvalue weighted by molar-refractivity contribution is -0.129. The van der Waals surface area contributed by atoms with E-state index < -0.39 is 22.6 Å². The zero-order chi connectivity index (χ0) is 24.3. The van der Waals surface area contributed by atoms with Gasteiger partial charge in [-0.1, -0.05) is 17.7 Å². The van der Waals surface area contributed by atoms with Crippen molar-refractivity contribution in [1.29, 1.82) is 0 Å². The molecule has 1 fully saturated rings. The molecule has 0 N–H and O–H groups in total. The number of sulfonamides is 1. The fourth-order valence-corrected chi connectivity index (χ4v) is 5.48. The molecule has 1 saturated heterocycles. The molecular weight excluding hydrogens is 444 g/mol. The maximum Gasteiger partial charge on any atom is 0.338 e. The second-order valence-electron chi connectivity index (χ2n) is 8.21. The summed E-state index contributed by atoms with van der Waals surface area (Å²) >= 11 is 0. The highest BCUT2D eigenvalue weighted by Crippen LogP contribution is 2.20. The molecule has 0 saturated carbocycles. The topological polar surface area (TPSA) is 101 Å².